The topological polar surface area (TPSA) is 64.6 Å². The number of para-hydroxylation sites is 1. The summed E-state index contributed by atoms with van der Waals surface area (Å²) >= 11 is 3.06. The molecule has 0 aliphatic carbocycles. The summed E-state index contributed by atoms with van der Waals surface area (Å²) < 4.78 is 11.5. The first-order valence-electron chi connectivity index (χ1n) is 8.38. The predicted octanol–water partition coefficient (Wildman–Crippen LogP) is 4.34. The number of anilines is 1. The van der Waals surface area contributed by atoms with Crippen LogP contribution in [0.25, 0.3) is 0 Å². The fourth-order valence-electron chi connectivity index (χ4n) is 1.94. The zero-order valence-corrected chi connectivity index (χ0v) is 16.0. The molecule has 1 aromatic rings. The monoisotopic (exact) mass is 399 g/mol. The number of carbonyl (C=O) groups is 2. The molecule has 0 spiro atoms. The van der Waals surface area contributed by atoms with Gasteiger partial charge in [-0.15, -0.1) is 0 Å². The number of nitrogens with one attached hydrogen (secondary N) is 1. The average Bonchev–Trinajstić information content (AvgIpc) is 2.57. The summed E-state index contributed by atoms with van der Waals surface area (Å²) in [4.78, 5) is 23.5. The molecule has 0 heterocycles. The Morgan fingerprint density at radius 3 is 2.04 bits per heavy atom. The number of halogens is 1. The van der Waals surface area contributed by atoms with Crippen molar-refractivity contribution < 1.29 is 19.1 Å². The van der Waals surface area contributed by atoms with E-state index in [-0.39, 0.29) is 23.4 Å². The summed E-state index contributed by atoms with van der Waals surface area (Å²) in [7, 11) is 0. The highest BCUT2D eigenvalue weighted by molar-refractivity contribution is 9.09. The molecule has 1 amide bonds. The van der Waals surface area contributed by atoms with Crippen LogP contribution in [0.3, 0.4) is 0 Å². The van der Waals surface area contributed by atoms with Crippen LogP contribution in [0, 0.1) is 0 Å². The third kappa shape index (κ3) is 7.34. The van der Waals surface area contributed by atoms with Gasteiger partial charge >= 0.3 is 0 Å². The molecule has 0 bridgehead atoms. The lowest BCUT2D eigenvalue weighted by Gasteiger charge is -2.17. The van der Waals surface area contributed by atoms with Crippen molar-refractivity contribution in [3.63, 3.8) is 0 Å². The standard InChI is InChI=1S/C18H26BrNO4/c1-3-5-10-23-15-8-7-9-16(24-11-6-4-2)18(15)20-17(22)12-14(21)13-19/h7-9H,3-6,10-13H2,1-2H3,(H,20,22). The van der Waals surface area contributed by atoms with E-state index in [0.717, 1.165) is 25.7 Å². The van der Waals surface area contributed by atoms with E-state index in [1.54, 1.807) is 12.1 Å². The minimum Gasteiger partial charge on any atom is -0.491 e. The van der Waals surface area contributed by atoms with Gasteiger partial charge in [0.2, 0.25) is 5.91 Å². The van der Waals surface area contributed by atoms with Crippen LogP contribution in [0.15, 0.2) is 18.2 Å². The number of unbranched alkanes of at least 4 members (excludes halogenated alkanes) is 2. The lowest BCUT2D eigenvalue weighted by atomic mass is 10.2. The highest BCUT2D eigenvalue weighted by Gasteiger charge is 2.16. The van der Waals surface area contributed by atoms with Crippen molar-refractivity contribution in [3.8, 4) is 11.5 Å². The van der Waals surface area contributed by atoms with Crippen LogP contribution < -0.4 is 14.8 Å². The Hall–Kier alpha value is -1.56. The predicted molar refractivity (Wildman–Crippen MR) is 99.3 cm³/mol. The molecule has 0 aliphatic rings. The van der Waals surface area contributed by atoms with Gasteiger partial charge in [-0.25, -0.2) is 0 Å². The number of ether oxygens (including phenoxy) is 2. The van der Waals surface area contributed by atoms with Gasteiger partial charge in [0.15, 0.2) is 5.78 Å². The summed E-state index contributed by atoms with van der Waals surface area (Å²) in [6.07, 6.45) is 3.72. The summed E-state index contributed by atoms with van der Waals surface area (Å²) in [6, 6.07) is 5.43. The minimum absolute atomic E-state index is 0.162. The van der Waals surface area contributed by atoms with Gasteiger partial charge in [0.1, 0.15) is 17.2 Å². The first kappa shape index (κ1) is 20.5. The van der Waals surface area contributed by atoms with Crippen LogP contribution in [-0.2, 0) is 9.59 Å². The smallest absolute Gasteiger partial charge is 0.232 e. The minimum atomic E-state index is -0.369. The quantitative estimate of drug-likeness (QED) is 0.322. The first-order valence-corrected chi connectivity index (χ1v) is 9.50. The van der Waals surface area contributed by atoms with Gasteiger partial charge < -0.3 is 14.8 Å². The Balaban J connectivity index is 2.90. The number of carbonyl (C=O) groups excluding carboxylic acids is 2. The lowest BCUT2D eigenvalue weighted by Crippen LogP contribution is -2.18. The van der Waals surface area contributed by atoms with Gasteiger partial charge in [0, 0.05) is 0 Å². The molecule has 134 valence electrons. The van der Waals surface area contributed by atoms with E-state index in [2.05, 4.69) is 35.1 Å². The van der Waals surface area contributed by atoms with Crippen molar-refractivity contribution >= 4 is 33.3 Å². The molecule has 5 nitrogen and oxygen atoms in total. The largest absolute Gasteiger partial charge is 0.491 e. The molecule has 0 unspecified atom stereocenters. The summed E-state index contributed by atoms with van der Waals surface area (Å²) in [6.45, 7) is 5.31. The molecule has 0 saturated heterocycles. The number of amides is 1. The Morgan fingerprint density at radius 1 is 1.04 bits per heavy atom. The number of benzene rings is 1. The maximum absolute atomic E-state index is 12.1. The molecule has 1 aromatic carbocycles. The number of Topliss-reactive ketones (excluding diaryl/α,β-unsaturated/α-hetero) is 1. The van der Waals surface area contributed by atoms with Crippen LogP contribution in [0.4, 0.5) is 5.69 Å². The molecule has 24 heavy (non-hydrogen) atoms. The Morgan fingerprint density at radius 2 is 1.58 bits per heavy atom. The maximum Gasteiger partial charge on any atom is 0.232 e. The molecular formula is C18H26BrNO4. The second-order valence-corrected chi connectivity index (χ2v) is 5.99. The van der Waals surface area contributed by atoms with Gasteiger partial charge in [-0.05, 0) is 25.0 Å². The van der Waals surface area contributed by atoms with Crippen LogP contribution in [0.2, 0.25) is 0 Å². The van der Waals surface area contributed by atoms with E-state index in [9.17, 15) is 9.59 Å². The average molecular weight is 400 g/mol. The molecule has 0 aromatic heterocycles. The highest BCUT2D eigenvalue weighted by Crippen LogP contribution is 2.35. The number of alkyl halides is 1. The zero-order chi connectivity index (χ0) is 17.8. The maximum atomic E-state index is 12.1. The van der Waals surface area contributed by atoms with E-state index in [4.69, 9.17) is 9.47 Å². The van der Waals surface area contributed by atoms with Crippen molar-refractivity contribution in [2.75, 3.05) is 23.9 Å². The molecule has 0 saturated carbocycles. The molecule has 0 radical (unpaired) electrons. The summed E-state index contributed by atoms with van der Waals surface area (Å²) in [5.41, 5.74) is 0.497. The van der Waals surface area contributed by atoms with Crippen molar-refractivity contribution in [1.29, 1.82) is 0 Å². The van der Waals surface area contributed by atoms with Crippen LogP contribution in [0.1, 0.15) is 46.0 Å². The lowest BCUT2D eigenvalue weighted by molar-refractivity contribution is -0.123. The van der Waals surface area contributed by atoms with Crippen molar-refractivity contribution in [1.82, 2.24) is 0 Å². The molecular weight excluding hydrogens is 374 g/mol. The third-order valence-corrected chi connectivity index (χ3v) is 3.90. The van der Waals surface area contributed by atoms with E-state index in [1.165, 1.54) is 0 Å². The van der Waals surface area contributed by atoms with Crippen molar-refractivity contribution in [2.45, 2.75) is 46.0 Å². The Kier molecular flexibility index (Phi) is 10.2. The molecule has 0 aliphatic heterocycles. The molecule has 1 N–H and O–H groups in total. The highest BCUT2D eigenvalue weighted by atomic mass is 79.9. The normalized spacial score (nSPS) is 10.3. The van der Waals surface area contributed by atoms with Gasteiger partial charge in [-0.3, -0.25) is 9.59 Å². The summed E-state index contributed by atoms with van der Waals surface area (Å²) in [5.74, 6) is 0.589. The van der Waals surface area contributed by atoms with E-state index >= 15 is 0 Å². The number of hydrogen-bond donors (Lipinski definition) is 1. The first-order chi connectivity index (χ1) is 11.6. The van der Waals surface area contributed by atoms with Crippen molar-refractivity contribution in [2.24, 2.45) is 0 Å². The summed E-state index contributed by atoms with van der Waals surface area (Å²) in [5, 5.41) is 2.93. The van der Waals surface area contributed by atoms with Gasteiger partial charge in [-0.1, -0.05) is 48.7 Å². The Labute approximate surface area is 152 Å². The van der Waals surface area contributed by atoms with Crippen LogP contribution >= 0.6 is 15.9 Å². The molecule has 1 rings (SSSR count). The number of hydrogen-bond acceptors (Lipinski definition) is 4. The van der Waals surface area contributed by atoms with Gasteiger partial charge in [0.25, 0.3) is 0 Å². The second kappa shape index (κ2) is 11.9. The van der Waals surface area contributed by atoms with Gasteiger partial charge in [-0.2, -0.15) is 0 Å². The SMILES string of the molecule is CCCCOc1cccc(OCCCC)c1NC(=O)CC(=O)CBr. The van der Waals surface area contributed by atoms with E-state index < -0.39 is 0 Å². The Bertz CT molecular complexity index is 506. The molecule has 6 heteroatoms. The van der Waals surface area contributed by atoms with Crippen LogP contribution in [0.5, 0.6) is 11.5 Å². The van der Waals surface area contributed by atoms with Gasteiger partial charge in [0.05, 0.1) is 25.0 Å². The second-order valence-electron chi connectivity index (χ2n) is 5.43. The molecule has 0 fully saturated rings. The molecule has 0 atom stereocenters. The number of rotatable bonds is 12. The third-order valence-electron chi connectivity index (χ3n) is 3.27. The zero-order valence-electron chi connectivity index (χ0n) is 14.4. The van der Waals surface area contributed by atoms with Crippen LogP contribution in [-0.4, -0.2) is 30.2 Å². The fourth-order valence-corrected chi connectivity index (χ4v) is 2.14. The number of ketones is 1. The van der Waals surface area contributed by atoms with E-state index in [1.807, 2.05) is 6.07 Å². The fraction of sp³-hybridized carbons (Fsp3) is 0.556. The van der Waals surface area contributed by atoms with Crippen molar-refractivity contribution in [3.05, 3.63) is 18.2 Å². The van der Waals surface area contributed by atoms with E-state index in [0.29, 0.717) is 30.4 Å².